The molecule has 2 amide bonds. The van der Waals surface area contributed by atoms with E-state index in [-0.39, 0.29) is 6.42 Å². The number of terminal acetylenes is 1. The van der Waals surface area contributed by atoms with Gasteiger partial charge in [-0.2, -0.15) is 13.2 Å². The van der Waals surface area contributed by atoms with E-state index in [0.29, 0.717) is 5.06 Å². The monoisotopic (exact) mass is 448 g/mol. The maximum absolute atomic E-state index is 12.4. The van der Waals surface area contributed by atoms with Crippen LogP contribution in [0.3, 0.4) is 0 Å². The van der Waals surface area contributed by atoms with E-state index in [1.165, 1.54) is 11.5 Å². The molecule has 1 aliphatic heterocycles. The van der Waals surface area contributed by atoms with E-state index < -0.39 is 66.9 Å². The largest absolute Gasteiger partial charge is 0.471 e. The van der Waals surface area contributed by atoms with Gasteiger partial charge in [-0.3, -0.25) is 28.8 Å². The van der Waals surface area contributed by atoms with Crippen molar-refractivity contribution in [3.05, 3.63) is 33.1 Å². The second kappa shape index (κ2) is 9.77. The number of alkyl halides is 3. The Hall–Kier alpha value is -3.15. The number of hydrogen-bond acceptors (Lipinski definition) is 7. The van der Waals surface area contributed by atoms with Crippen molar-refractivity contribution >= 4 is 11.8 Å². The molecule has 2 heterocycles. The summed E-state index contributed by atoms with van der Waals surface area (Å²) in [5.41, 5.74) is -1.38. The van der Waals surface area contributed by atoms with Crippen LogP contribution in [0.5, 0.6) is 0 Å². The maximum atomic E-state index is 12.4. The first kappa shape index (κ1) is 24.1. The number of aromatic nitrogens is 2. The zero-order valence-electron chi connectivity index (χ0n) is 16.1. The molecule has 1 saturated heterocycles. The van der Waals surface area contributed by atoms with Crippen LogP contribution in [-0.2, 0) is 19.2 Å². The van der Waals surface area contributed by atoms with Crippen LogP contribution in [0.2, 0.25) is 0 Å². The first-order chi connectivity index (χ1) is 14.4. The summed E-state index contributed by atoms with van der Waals surface area (Å²) in [6.45, 7) is 0.109. The number of hydroxylamine groups is 2. The number of carbonyl (C=O) groups excluding carboxylic acids is 2. The Morgan fingerprint density at radius 3 is 2.77 bits per heavy atom. The third-order valence-electron chi connectivity index (χ3n) is 4.22. The highest BCUT2D eigenvalue weighted by Crippen LogP contribution is 2.27. The smallest absolute Gasteiger partial charge is 0.390 e. The number of hydrogen-bond donors (Lipinski definition) is 3. The van der Waals surface area contributed by atoms with Crippen molar-refractivity contribution in [2.24, 2.45) is 0 Å². The minimum absolute atomic E-state index is 0.0406. The van der Waals surface area contributed by atoms with Crippen molar-refractivity contribution in [2.75, 3.05) is 13.2 Å². The first-order valence-electron chi connectivity index (χ1n) is 8.84. The van der Waals surface area contributed by atoms with Gasteiger partial charge in [-0.15, -0.1) is 6.42 Å². The molecule has 0 radical (unpaired) electrons. The van der Waals surface area contributed by atoms with Gasteiger partial charge in [0, 0.05) is 18.7 Å². The summed E-state index contributed by atoms with van der Waals surface area (Å²) in [5, 5.41) is 12.2. The molecule has 14 heteroatoms. The summed E-state index contributed by atoms with van der Waals surface area (Å²) in [4.78, 5) is 53.5. The van der Waals surface area contributed by atoms with E-state index in [0.717, 1.165) is 17.6 Å². The lowest BCUT2D eigenvalue weighted by Gasteiger charge is -2.25. The fourth-order valence-corrected chi connectivity index (χ4v) is 2.68. The normalized spacial score (nSPS) is 21.9. The number of aromatic amines is 1. The molecule has 0 unspecified atom stereocenters. The molecule has 4 atom stereocenters. The number of ether oxygens (including phenoxy) is 1. The minimum atomic E-state index is -5.18. The lowest BCUT2D eigenvalue weighted by molar-refractivity contribution is -0.201. The molecule has 1 aromatic heterocycles. The molecule has 11 nitrogen and oxygen atoms in total. The van der Waals surface area contributed by atoms with Crippen LogP contribution >= 0.6 is 0 Å². The van der Waals surface area contributed by atoms with Crippen molar-refractivity contribution in [3.63, 3.8) is 0 Å². The van der Waals surface area contributed by atoms with Crippen LogP contribution in [0.1, 0.15) is 19.6 Å². The van der Waals surface area contributed by atoms with Crippen LogP contribution in [0.4, 0.5) is 13.2 Å². The fraction of sp³-hybridized carbons (Fsp3) is 0.529. The van der Waals surface area contributed by atoms with Crippen molar-refractivity contribution in [2.45, 2.75) is 44.0 Å². The van der Waals surface area contributed by atoms with E-state index in [1.54, 1.807) is 0 Å². The number of aliphatic hydroxyl groups excluding tert-OH is 1. The number of amides is 2. The highest BCUT2D eigenvalue weighted by molar-refractivity contribution is 5.89. The third-order valence-corrected chi connectivity index (χ3v) is 4.22. The average molecular weight is 448 g/mol. The van der Waals surface area contributed by atoms with Crippen molar-refractivity contribution in [1.29, 1.82) is 0 Å². The summed E-state index contributed by atoms with van der Waals surface area (Å²) >= 11 is 0. The number of nitrogens with zero attached hydrogens (tertiary/aromatic N) is 2. The van der Waals surface area contributed by atoms with Gasteiger partial charge in [0.25, 0.3) is 11.5 Å². The van der Waals surface area contributed by atoms with Crippen LogP contribution in [0.15, 0.2) is 21.9 Å². The summed E-state index contributed by atoms with van der Waals surface area (Å²) < 4.78 is 43.6. The Labute approximate surface area is 172 Å². The van der Waals surface area contributed by atoms with Gasteiger partial charge in [-0.1, -0.05) is 5.92 Å². The molecule has 1 aliphatic rings. The molecule has 31 heavy (non-hydrogen) atoms. The Morgan fingerprint density at radius 2 is 2.19 bits per heavy atom. The molecule has 0 spiro atoms. The lowest BCUT2D eigenvalue weighted by atomic mass is 10.2. The van der Waals surface area contributed by atoms with Gasteiger partial charge in [0.15, 0.2) is 0 Å². The van der Waals surface area contributed by atoms with Gasteiger partial charge in [0.2, 0.25) is 0 Å². The second-order valence-electron chi connectivity index (χ2n) is 6.52. The summed E-state index contributed by atoms with van der Waals surface area (Å²) in [7, 11) is 0. The van der Waals surface area contributed by atoms with Crippen LogP contribution in [0, 0.1) is 12.3 Å². The minimum Gasteiger partial charge on any atom is -0.390 e. The highest BCUT2D eigenvalue weighted by Gasteiger charge is 2.41. The predicted molar refractivity (Wildman–Crippen MR) is 96.0 cm³/mol. The Morgan fingerprint density at radius 1 is 1.52 bits per heavy atom. The molecule has 2 rings (SSSR count). The predicted octanol–water partition coefficient (Wildman–Crippen LogP) is -1.35. The van der Waals surface area contributed by atoms with Gasteiger partial charge in [-0.05, 0) is 6.92 Å². The zero-order chi connectivity index (χ0) is 23.3. The van der Waals surface area contributed by atoms with Gasteiger partial charge in [0.05, 0.1) is 6.10 Å². The number of nitrogens with one attached hydrogen (secondary N) is 2. The molecular weight excluding hydrogens is 429 g/mol. The number of aliphatic hydroxyl groups is 1. The first-order valence-corrected chi connectivity index (χ1v) is 8.84. The van der Waals surface area contributed by atoms with Crippen molar-refractivity contribution in [1.82, 2.24) is 19.9 Å². The second-order valence-corrected chi connectivity index (χ2v) is 6.52. The number of halogens is 3. The molecular formula is C17H19F3N4O7. The maximum Gasteiger partial charge on any atom is 0.471 e. The van der Waals surface area contributed by atoms with Gasteiger partial charge >= 0.3 is 17.8 Å². The topological polar surface area (TPSA) is 143 Å². The molecule has 0 aromatic carbocycles. The van der Waals surface area contributed by atoms with E-state index >= 15 is 0 Å². The quantitative estimate of drug-likeness (QED) is 0.346. The average Bonchev–Trinajstić information content (AvgIpc) is 3.04. The SMILES string of the molecule is C#CCN(OC[C@H]1O[C@@H](n2ccc(=O)[nH]c2=O)C[C@@H]1O)C(=O)[C@H](C)NC(=O)C(F)(F)F. The molecule has 0 saturated carbocycles. The molecule has 1 aromatic rings. The Kier molecular flexibility index (Phi) is 7.60. The van der Waals surface area contributed by atoms with Crippen molar-refractivity contribution < 1.29 is 37.4 Å². The van der Waals surface area contributed by atoms with E-state index in [2.05, 4.69) is 5.92 Å². The van der Waals surface area contributed by atoms with Crippen LogP contribution < -0.4 is 16.6 Å². The van der Waals surface area contributed by atoms with Gasteiger partial charge < -0.3 is 15.2 Å². The molecule has 0 bridgehead atoms. The molecule has 3 N–H and O–H groups in total. The fourth-order valence-electron chi connectivity index (χ4n) is 2.68. The lowest BCUT2D eigenvalue weighted by Crippen LogP contribution is -2.51. The number of rotatable bonds is 7. The summed E-state index contributed by atoms with van der Waals surface area (Å²) in [6, 6.07) is -0.519. The number of H-pyrrole nitrogens is 1. The standard InChI is InChI=1S/C17H19F3N4O7/c1-3-5-24(14(27)9(2)21-15(28)17(18,19)20)30-8-11-10(25)7-13(31-11)23-6-4-12(26)22-16(23)29/h1,4,6,9-11,13,25H,5,7-8H2,2H3,(H,21,28)(H,22,26,29)/t9-,10-,11+,13+/m0/s1. The van der Waals surface area contributed by atoms with Crippen molar-refractivity contribution in [3.8, 4) is 12.3 Å². The summed E-state index contributed by atoms with van der Waals surface area (Å²) in [5.74, 6) is -1.28. The van der Waals surface area contributed by atoms with E-state index in [9.17, 15) is 37.5 Å². The van der Waals surface area contributed by atoms with Crippen LogP contribution in [-0.4, -0.2) is 69.1 Å². The number of carbonyl (C=O) groups is 2. The van der Waals surface area contributed by atoms with E-state index in [4.69, 9.17) is 16.0 Å². The molecule has 1 fully saturated rings. The zero-order valence-corrected chi connectivity index (χ0v) is 16.1. The van der Waals surface area contributed by atoms with E-state index in [1.807, 2.05) is 4.98 Å². The molecule has 170 valence electrons. The third kappa shape index (κ3) is 6.17. The van der Waals surface area contributed by atoms with Gasteiger partial charge in [0.1, 0.15) is 31.5 Å². The highest BCUT2D eigenvalue weighted by atomic mass is 19.4. The van der Waals surface area contributed by atoms with Gasteiger partial charge in [-0.25, -0.2) is 9.86 Å². The van der Waals surface area contributed by atoms with Crippen LogP contribution in [0.25, 0.3) is 0 Å². The Balaban J connectivity index is 2.00. The summed E-state index contributed by atoms with van der Waals surface area (Å²) in [6.07, 6.45) is -2.00. The Bertz CT molecular complexity index is 968. The molecule has 0 aliphatic carbocycles.